The van der Waals surface area contributed by atoms with E-state index in [1.54, 1.807) is 0 Å². The van der Waals surface area contributed by atoms with Gasteiger partial charge in [-0.25, -0.2) is 4.57 Å². The maximum Gasteiger partial charge on any atom is 0.472 e. The first kappa shape index (κ1) is 63.5. The van der Waals surface area contributed by atoms with E-state index in [4.69, 9.17) is 24.3 Å². The summed E-state index contributed by atoms with van der Waals surface area (Å²) in [4.78, 5) is 35.1. The molecule has 9 nitrogen and oxygen atoms in total. The van der Waals surface area contributed by atoms with Crippen molar-refractivity contribution in [1.29, 1.82) is 0 Å². The van der Waals surface area contributed by atoms with E-state index in [1.165, 1.54) is 116 Å². The molecule has 0 radical (unpaired) electrons. The van der Waals surface area contributed by atoms with E-state index >= 15 is 0 Å². The van der Waals surface area contributed by atoms with Gasteiger partial charge in [0, 0.05) is 19.4 Å². The first-order valence-corrected chi connectivity index (χ1v) is 28.4. The number of esters is 2. The fraction of sp³-hybridized carbons (Fsp3) is 0.750. The summed E-state index contributed by atoms with van der Waals surface area (Å²) in [6.07, 6.45) is 65.2. The molecule has 0 saturated carbocycles. The molecule has 0 spiro atoms. The van der Waals surface area contributed by atoms with Crippen molar-refractivity contribution in [3.8, 4) is 0 Å². The van der Waals surface area contributed by atoms with Gasteiger partial charge in [0.15, 0.2) is 6.10 Å². The third kappa shape index (κ3) is 50.9. The van der Waals surface area contributed by atoms with E-state index in [2.05, 4.69) is 86.8 Å². The second-order valence-corrected chi connectivity index (χ2v) is 19.2. The second-order valence-electron chi connectivity index (χ2n) is 17.7. The predicted octanol–water partition coefficient (Wildman–Crippen LogP) is 16.6. The summed E-state index contributed by atoms with van der Waals surface area (Å²) in [5.74, 6) is -0.836. The Morgan fingerprint density at radius 2 is 0.833 bits per heavy atom. The van der Waals surface area contributed by atoms with E-state index in [0.29, 0.717) is 6.42 Å². The molecule has 0 aliphatic rings. The van der Waals surface area contributed by atoms with Gasteiger partial charge in [0.2, 0.25) is 0 Å². The maximum atomic E-state index is 12.7. The molecule has 0 heterocycles. The number of carbonyl (C=O) groups is 2. The highest BCUT2D eigenvalue weighted by Crippen LogP contribution is 2.43. The number of allylic oxidation sites excluding steroid dienone is 12. The molecule has 0 rings (SSSR count). The normalized spacial score (nSPS) is 13.7. The number of ether oxygens (including phenoxy) is 2. The van der Waals surface area contributed by atoms with Gasteiger partial charge in [-0.05, 0) is 83.5 Å². The second kappa shape index (κ2) is 51.8. The number of hydrogen-bond donors (Lipinski definition) is 2. The van der Waals surface area contributed by atoms with Gasteiger partial charge < -0.3 is 20.1 Å². The van der Waals surface area contributed by atoms with Crippen molar-refractivity contribution in [2.75, 3.05) is 26.4 Å². The van der Waals surface area contributed by atoms with Crippen LogP contribution in [0.3, 0.4) is 0 Å². The van der Waals surface area contributed by atoms with Crippen LogP contribution in [0.25, 0.3) is 0 Å². The molecule has 0 amide bonds. The minimum Gasteiger partial charge on any atom is -0.462 e. The number of carbonyl (C=O) groups excluding carboxylic acids is 2. The first-order chi connectivity index (χ1) is 32.3. The van der Waals surface area contributed by atoms with Gasteiger partial charge in [0.05, 0.1) is 13.2 Å². The van der Waals surface area contributed by atoms with Crippen LogP contribution >= 0.6 is 7.82 Å². The van der Waals surface area contributed by atoms with Crippen LogP contribution in [0.5, 0.6) is 0 Å². The third-order valence-electron chi connectivity index (χ3n) is 11.3. The van der Waals surface area contributed by atoms with Crippen molar-refractivity contribution in [3.63, 3.8) is 0 Å². The smallest absolute Gasteiger partial charge is 0.462 e. The van der Waals surface area contributed by atoms with Gasteiger partial charge in [0.25, 0.3) is 0 Å². The van der Waals surface area contributed by atoms with E-state index in [-0.39, 0.29) is 38.6 Å². The average molecular weight is 946 g/mol. The minimum atomic E-state index is -4.39. The Labute approximate surface area is 405 Å². The van der Waals surface area contributed by atoms with Crippen molar-refractivity contribution >= 4 is 19.8 Å². The zero-order valence-corrected chi connectivity index (χ0v) is 43.3. The van der Waals surface area contributed by atoms with Crippen molar-refractivity contribution in [1.82, 2.24) is 0 Å². The number of unbranched alkanes of at least 4 members (excludes halogenated alkanes) is 25. The molecular formula is C56H100NO8P. The Bertz CT molecular complexity index is 1310. The molecular weight excluding hydrogens is 846 g/mol. The summed E-state index contributed by atoms with van der Waals surface area (Å²) in [6, 6.07) is 0. The van der Waals surface area contributed by atoms with Crippen LogP contribution in [0.2, 0.25) is 0 Å². The lowest BCUT2D eigenvalue weighted by Crippen LogP contribution is -2.29. The summed E-state index contributed by atoms with van der Waals surface area (Å²) >= 11 is 0. The van der Waals surface area contributed by atoms with Crippen LogP contribution in [-0.4, -0.2) is 49.3 Å². The summed E-state index contributed by atoms with van der Waals surface area (Å²) in [5, 5.41) is 0. The lowest BCUT2D eigenvalue weighted by molar-refractivity contribution is -0.161. The van der Waals surface area contributed by atoms with Crippen LogP contribution in [0.1, 0.15) is 239 Å². The van der Waals surface area contributed by atoms with Crippen molar-refractivity contribution in [2.24, 2.45) is 5.73 Å². The topological polar surface area (TPSA) is 134 Å². The molecule has 0 aromatic heterocycles. The van der Waals surface area contributed by atoms with Gasteiger partial charge in [0.1, 0.15) is 6.61 Å². The zero-order valence-electron chi connectivity index (χ0n) is 42.4. The van der Waals surface area contributed by atoms with Crippen LogP contribution < -0.4 is 5.73 Å². The fourth-order valence-corrected chi connectivity index (χ4v) is 8.13. The van der Waals surface area contributed by atoms with Crippen LogP contribution in [-0.2, 0) is 32.7 Å². The molecule has 2 unspecified atom stereocenters. The quantitative estimate of drug-likeness (QED) is 0.0264. The van der Waals surface area contributed by atoms with Crippen molar-refractivity contribution in [3.05, 3.63) is 72.9 Å². The van der Waals surface area contributed by atoms with Gasteiger partial charge >= 0.3 is 19.8 Å². The molecule has 0 aliphatic heterocycles. The lowest BCUT2D eigenvalue weighted by atomic mass is 10.0. The number of phosphoric acid groups is 1. The van der Waals surface area contributed by atoms with E-state index in [1.807, 2.05) is 0 Å². The Kier molecular flexibility index (Phi) is 49.8. The minimum absolute atomic E-state index is 0.0503. The van der Waals surface area contributed by atoms with E-state index < -0.39 is 26.5 Å². The summed E-state index contributed by atoms with van der Waals surface area (Å²) in [5.41, 5.74) is 5.37. The average Bonchev–Trinajstić information content (AvgIpc) is 3.31. The zero-order chi connectivity index (χ0) is 48.1. The number of rotatable bonds is 50. The lowest BCUT2D eigenvalue weighted by Gasteiger charge is -2.19. The molecule has 0 fully saturated rings. The monoisotopic (exact) mass is 946 g/mol. The van der Waals surface area contributed by atoms with Crippen molar-refractivity contribution in [2.45, 2.75) is 245 Å². The van der Waals surface area contributed by atoms with Crippen LogP contribution in [0.15, 0.2) is 72.9 Å². The number of hydrogen-bond acceptors (Lipinski definition) is 8. The highest BCUT2D eigenvalue weighted by Gasteiger charge is 2.26. The summed E-state index contributed by atoms with van der Waals surface area (Å²) in [7, 11) is -4.39. The van der Waals surface area contributed by atoms with Gasteiger partial charge in [-0.15, -0.1) is 0 Å². The van der Waals surface area contributed by atoms with Gasteiger partial charge in [-0.1, -0.05) is 215 Å². The molecule has 2 atom stereocenters. The molecule has 0 bridgehead atoms. The maximum absolute atomic E-state index is 12.7. The molecule has 0 aromatic rings. The molecule has 0 aliphatic carbocycles. The fourth-order valence-electron chi connectivity index (χ4n) is 7.36. The van der Waals surface area contributed by atoms with Crippen molar-refractivity contribution < 1.29 is 37.6 Å². The van der Waals surface area contributed by atoms with E-state index in [0.717, 1.165) is 89.9 Å². The number of nitrogens with two attached hydrogens (primary N) is 1. The first-order valence-electron chi connectivity index (χ1n) is 26.9. The Morgan fingerprint density at radius 3 is 1.26 bits per heavy atom. The Balaban J connectivity index is 3.99. The standard InChI is InChI=1S/C56H100NO8P/c1-3-5-7-9-11-13-15-17-19-21-22-23-24-25-26-27-28-29-30-31-32-33-35-37-39-41-43-45-47-49-56(59)65-54(53-64-66(60,61)63-51-50-57)52-62-55(58)48-46-44-42-40-38-36-34-20-18-16-14-12-10-8-6-4-2/h5,7,11,13,17,19-20,22-23,25-26,34,54H,3-4,6,8-10,12,14-16,18,21,24,27-33,35-53,57H2,1-2H3,(H,60,61)/b7-5-,13-11-,19-17-,23-22-,26-25-,34-20-. The number of phosphoric ester groups is 1. The molecule has 3 N–H and O–H groups in total. The summed E-state index contributed by atoms with van der Waals surface area (Å²) in [6.45, 7) is 3.63. The molecule has 0 aromatic carbocycles. The Hall–Kier alpha value is -2.55. The van der Waals surface area contributed by atoms with E-state index in [9.17, 15) is 19.0 Å². The molecule has 10 heteroatoms. The van der Waals surface area contributed by atoms with Crippen LogP contribution in [0, 0.1) is 0 Å². The SMILES string of the molecule is CC/C=C\C/C=C\C/C=C\C/C=C\C/C=C\CCCCCCCCCCCCCCCC(=O)OC(COC(=O)CCCCCCC/C=C\CCCCCCCCC)COP(=O)(O)OCCN. The molecule has 382 valence electrons. The Morgan fingerprint density at radius 1 is 0.470 bits per heavy atom. The highest BCUT2D eigenvalue weighted by molar-refractivity contribution is 7.47. The summed E-state index contributed by atoms with van der Waals surface area (Å²) < 4.78 is 32.9. The van der Waals surface area contributed by atoms with Crippen LogP contribution in [0.4, 0.5) is 0 Å². The molecule has 0 saturated heterocycles. The molecule has 66 heavy (non-hydrogen) atoms. The predicted molar refractivity (Wildman–Crippen MR) is 279 cm³/mol. The van der Waals surface area contributed by atoms with Gasteiger partial charge in [-0.2, -0.15) is 0 Å². The highest BCUT2D eigenvalue weighted by atomic mass is 31.2. The third-order valence-corrected chi connectivity index (χ3v) is 12.3. The largest absolute Gasteiger partial charge is 0.472 e. The van der Waals surface area contributed by atoms with Gasteiger partial charge in [-0.3, -0.25) is 18.6 Å².